The van der Waals surface area contributed by atoms with Crippen LogP contribution in [0.4, 0.5) is 0 Å². The molecule has 0 aromatic heterocycles. The summed E-state index contributed by atoms with van der Waals surface area (Å²) in [6, 6.07) is 17.1. The molecule has 3 nitrogen and oxygen atoms in total. The summed E-state index contributed by atoms with van der Waals surface area (Å²) in [4.78, 5) is 26.1. The molecule has 4 heteroatoms. The van der Waals surface area contributed by atoms with Crippen LogP contribution >= 0.6 is 11.8 Å². The molecular formula is C18H17NO2S. The Morgan fingerprint density at radius 1 is 0.909 bits per heavy atom. The van der Waals surface area contributed by atoms with Crippen molar-refractivity contribution in [2.45, 2.75) is 18.7 Å². The Morgan fingerprint density at radius 3 is 2.05 bits per heavy atom. The van der Waals surface area contributed by atoms with Crippen LogP contribution in [0, 0.1) is 0 Å². The number of imide groups is 1. The van der Waals surface area contributed by atoms with Gasteiger partial charge in [0.2, 0.25) is 0 Å². The molecule has 3 rings (SSSR count). The number of amides is 2. The molecule has 0 saturated heterocycles. The van der Waals surface area contributed by atoms with Crippen LogP contribution in [-0.4, -0.2) is 28.5 Å². The quantitative estimate of drug-likeness (QED) is 0.792. The van der Waals surface area contributed by atoms with Crippen molar-refractivity contribution in [2.75, 3.05) is 5.75 Å². The van der Waals surface area contributed by atoms with Crippen LogP contribution in [0.15, 0.2) is 54.6 Å². The summed E-state index contributed by atoms with van der Waals surface area (Å²) in [5.74, 6) is 1.27. The minimum absolute atomic E-state index is 0.110. The molecule has 0 aliphatic carbocycles. The van der Waals surface area contributed by atoms with E-state index < -0.39 is 0 Å². The van der Waals surface area contributed by atoms with Crippen molar-refractivity contribution >= 4 is 23.6 Å². The van der Waals surface area contributed by atoms with E-state index in [0.29, 0.717) is 11.1 Å². The number of carbonyl (C=O) groups excluding carboxylic acids is 2. The lowest BCUT2D eigenvalue weighted by Gasteiger charge is -2.22. The second kappa shape index (κ2) is 6.36. The van der Waals surface area contributed by atoms with Crippen LogP contribution in [-0.2, 0) is 5.75 Å². The van der Waals surface area contributed by atoms with Crippen molar-refractivity contribution in [3.05, 3.63) is 71.3 Å². The van der Waals surface area contributed by atoms with Gasteiger partial charge in [-0.15, -0.1) is 0 Å². The average molecular weight is 311 g/mol. The summed E-state index contributed by atoms with van der Waals surface area (Å²) in [5.41, 5.74) is 2.29. The van der Waals surface area contributed by atoms with Gasteiger partial charge in [0.25, 0.3) is 11.8 Å². The zero-order valence-electron chi connectivity index (χ0n) is 12.4. The summed E-state index contributed by atoms with van der Waals surface area (Å²) in [6.07, 6.45) is 0. The van der Waals surface area contributed by atoms with Crippen LogP contribution in [0.5, 0.6) is 0 Å². The zero-order chi connectivity index (χ0) is 15.5. The Hall–Kier alpha value is -2.07. The Morgan fingerprint density at radius 2 is 1.45 bits per heavy atom. The highest BCUT2D eigenvalue weighted by Crippen LogP contribution is 2.26. The van der Waals surface area contributed by atoms with Crippen LogP contribution < -0.4 is 0 Å². The predicted molar refractivity (Wildman–Crippen MR) is 89.0 cm³/mol. The highest BCUT2D eigenvalue weighted by Gasteiger charge is 2.37. The number of thioether (sulfide) groups is 1. The monoisotopic (exact) mass is 311 g/mol. The van der Waals surface area contributed by atoms with Gasteiger partial charge in [-0.05, 0) is 24.6 Å². The Kier molecular flexibility index (Phi) is 4.29. The molecule has 22 heavy (non-hydrogen) atoms. The molecule has 2 aromatic rings. The molecule has 112 valence electrons. The lowest BCUT2D eigenvalue weighted by molar-refractivity contribution is 0.0612. The highest BCUT2D eigenvalue weighted by atomic mass is 32.2. The van der Waals surface area contributed by atoms with E-state index in [1.54, 1.807) is 36.0 Å². The van der Waals surface area contributed by atoms with Gasteiger partial charge in [-0.3, -0.25) is 14.5 Å². The summed E-state index contributed by atoms with van der Waals surface area (Å²) < 4.78 is 0. The summed E-state index contributed by atoms with van der Waals surface area (Å²) in [5, 5.41) is 0. The number of carbonyl (C=O) groups is 2. The van der Waals surface area contributed by atoms with Crippen LogP contribution in [0.25, 0.3) is 0 Å². The van der Waals surface area contributed by atoms with Crippen molar-refractivity contribution in [3.8, 4) is 0 Å². The van der Waals surface area contributed by atoms with Crippen molar-refractivity contribution in [3.63, 3.8) is 0 Å². The fourth-order valence-electron chi connectivity index (χ4n) is 2.60. The predicted octanol–water partition coefficient (Wildman–Crippen LogP) is 3.60. The van der Waals surface area contributed by atoms with Gasteiger partial charge in [0.05, 0.1) is 11.1 Å². The number of benzene rings is 2. The fraction of sp³-hybridized carbons (Fsp3) is 0.222. The molecule has 0 spiro atoms. The van der Waals surface area contributed by atoms with E-state index in [2.05, 4.69) is 12.1 Å². The van der Waals surface area contributed by atoms with E-state index in [1.807, 2.05) is 25.1 Å². The van der Waals surface area contributed by atoms with E-state index in [1.165, 1.54) is 10.5 Å². The first-order valence-electron chi connectivity index (χ1n) is 7.27. The molecule has 0 saturated carbocycles. The van der Waals surface area contributed by atoms with Crippen LogP contribution in [0.1, 0.15) is 33.2 Å². The smallest absolute Gasteiger partial charge is 0.261 e. The van der Waals surface area contributed by atoms with Crippen molar-refractivity contribution in [1.29, 1.82) is 0 Å². The molecule has 1 atom stereocenters. The number of fused-ring (bicyclic) bond motifs is 1. The minimum atomic E-state index is -0.173. The summed E-state index contributed by atoms with van der Waals surface area (Å²) >= 11 is 1.74. The molecular weight excluding hydrogens is 294 g/mol. The molecule has 1 aliphatic rings. The molecule has 0 fully saturated rings. The van der Waals surface area contributed by atoms with E-state index in [-0.39, 0.29) is 17.9 Å². The molecule has 2 aromatic carbocycles. The van der Waals surface area contributed by atoms with E-state index in [0.717, 1.165) is 11.5 Å². The van der Waals surface area contributed by atoms with E-state index >= 15 is 0 Å². The maximum atomic E-state index is 12.4. The molecule has 0 bridgehead atoms. The number of hydrogen-bond acceptors (Lipinski definition) is 3. The fourth-order valence-corrected chi connectivity index (χ4v) is 3.64. The maximum Gasteiger partial charge on any atom is 0.261 e. The van der Waals surface area contributed by atoms with Crippen molar-refractivity contribution in [2.24, 2.45) is 0 Å². The lowest BCUT2D eigenvalue weighted by atomic mass is 10.1. The first-order chi connectivity index (χ1) is 10.7. The summed E-state index contributed by atoms with van der Waals surface area (Å²) in [6.45, 7) is 1.93. The van der Waals surface area contributed by atoms with Crippen molar-refractivity contribution < 1.29 is 9.59 Å². The first kappa shape index (κ1) is 14.9. The van der Waals surface area contributed by atoms with Crippen LogP contribution in [0.3, 0.4) is 0 Å². The topological polar surface area (TPSA) is 37.4 Å². The molecule has 1 aliphatic heterocycles. The Balaban J connectivity index is 1.63. The third-order valence-electron chi connectivity index (χ3n) is 3.74. The van der Waals surface area contributed by atoms with Gasteiger partial charge in [0.1, 0.15) is 0 Å². The Labute approximate surface area is 134 Å². The standard InChI is InChI=1S/C18H17NO2S/c1-13(11-22-12-14-7-3-2-4-8-14)19-17(20)15-9-5-6-10-16(15)18(19)21/h2-10,13H,11-12H2,1H3/t13-/m0/s1. The van der Waals surface area contributed by atoms with Gasteiger partial charge in [-0.1, -0.05) is 42.5 Å². The van der Waals surface area contributed by atoms with Crippen molar-refractivity contribution in [1.82, 2.24) is 4.90 Å². The van der Waals surface area contributed by atoms with E-state index in [4.69, 9.17) is 0 Å². The zero-order valence-corrected chi connectivity index (χ0v) is 13.2. The average Bonchev–Trinajstić information content (AvgIpc) is 2.80. The lowest BCUT2D eigenvalue weighted by Crippen LogP contribution is -2.39. The van der Waals surface area contributed by atoms with Gasteiger partial charge in [0.15, 0.2) is 0 Å². The third kappa shape index (κ3) is 2.79. The largest absolute Gasteiger partial charge is 0.271 e. The first-order valence-corrected chi connectivity index (χ1v) is 8.42. The Bertz CT molecular complexity index is 664. The number of hydrogen-bond donors (Lipinski definition) is 0. The SMILES string of the molecule is C[C@@H](CSCc1ccccc1)N1C(=O)c2ccccc2C1=O. The van der Waals surface area contributed by atoms with Crippen LogP contribution in [0.2, 0.25) is 0 Å². The third-order valence-corrected chi connectivity index (χ3v) is 4.99. The second-order valence-electron chi connectivity index (χ2n) is 5.38. The van der Waals surface area contributed by atoms with Gasteiger partial charge in [-0.2, -0.15) is 11.8 Å². The van der Waals surface area contributed by atoms with Gasteiger partial charge < -0.3 is 0 Å². The molecule has 1 heterocycles. The highest BCUT2D eigenvalue weighted by molar-refractivity contribution is 7.98. The molecule has 0 unspecified atom stereocenters. The second-order valence-corrected chi connectivity index (χ2v) is 6.41. The number of nitrogens with zero attached hydrogens (tertiary/aromatic N) is 1. The number of rotatable bonds is 5. The summed E-state index contributed by atoms with van der Waals surface area (Å²) in [7, 11) is 0. The van der Waals surface area contributed by atoms with E-state index in [9.17, 15) is 9.59 Å². The minimum Gasteiger partial charge on any atom is -0.271 e. The maximum absolute atomic E-state index is 12.4. The van der Waals surface area contributed by atoms with Gasteiger partial charge in [-0.25, -0.2) is 0 Å². The normalized spacial score (nSPS) is 15.0. The van der Waals surface area contributed by atoms with Gasteiger partial charge in [0, 0.05) is 17.5 Å². The van der Waals surface area contributed by atoms with Gasteiger partial charge >= 0.3 is 0 Å². The molecule has 0 radical (unpaired) electrons. The molecule has 2 amide bonds. The molecule has 0 N–H and O–H groups in total.